The van der Waals surface area contributed by atoms with Crippen molar-refractivity contribution in [1.82, 2.24) is 10.2 Å². The van der Waals surface area contributed by atoms with Crippen LogP contribution in [0.15, 0.2) is 11.4 Å². The van der Waals surface area contributed by atoms with Gasteiger partial charge in [-0.25, -0.2) is 0 Å². The normalized spacial score (nSPS) is 20.8. The van der Waals surface area contributed by atoms with Gasteiger partial charge in [0, 0.05) is 13.1 Å². The first-order valence-electron chi connectivity index (χ1n) is 4.93. The first-order valence-corrected chi connectivity index (χ1v) is 6.18. The van der Waals surface area contributed by atoms with Gasteiger partial charge in [-0.3, -0.25) is 9.59 Å². The summed E-state index contributed by atoms with van der Waals surface area (Å²) >= 11 is 7.20. The van der Waals surface area contributed by atoms with E-state index in [4.69, 9.17) is 11.6 Å². The number of hydrogen-bond acceptors (Lipinski definition) is 3. The van der Waals surface area contributed by atoms with Crippen LogP contribution in [0, 0.1) is 0 Å². The van der Waals surface area contributed by atoms with Crippen LogP contribution in [0.1, 0.15) is 16.6 Å². The van der Waals surface area contributed by atoms with E-state index in [1.165, 1.54) is 11.3 Å². The molecule has 1 aromatic rings. The van der Waals surface area contributed by atoms with Gasteiger partial charge in [0.2, 0.25) is 5.91 Å². The fourth-order valence-electron chi connectivity index (χ4n) is 1.64. The Labute approximate surface area is 102 Å². The second kappa shape index (κ2) is 4.43. The van der Waals surface area contributed by atoms with Gasteiger partial charge in [0.1, 0.15) is 10.9 Å². The Morgan fingerprint density at radius 2 is 2.44 bits per heavy atom. The van der Waals surface area contributed by atoms with Gasteiger partial charge in [-0.2, -0.15) is 0 Å². The zero-order valence-electron chi connectivity index (χ0n) is 8.70. The first kappa shape index (κ1) is 11.4. The molecule has 16 heavy (non-hydrogen) atoms. The molecule has 1 fully saturated rings. The Balaban J connectivity index is 2.22. The number of halogens is 1. The van der Waals surface area contributed by atoms with Crippen molar-refractivity contribution in [3.63, 3.8) is 0 Å². The zero-order chi connectivity index (χ0) is 11.7. The molecule has 0 radical (unpaired) electrons. The summed E-state index contributed by atoms with van der Waals surface area (Å²) in [5.41, 5.74) is 0. The first-order chi connectivity index (χ1) is 7.61. The molecule has 1 N–H and O–H groups in total. The molecule has 2 heterocycles. The summed E-state index contributed by atoms with van der Waals surface area (Å²) in [7, 11) is 0. The molecule has 2 amide bonds. The van der Waals surface area contributed by atoms with Crippen LogP contribution in [0.3, 0.4) is 0 Å². The Kier molecular flexibility index (Phi) is 3.16. The summed E-state index contributed by atoms with van der Waals surface area (Å²) in [4.78, 5) is 25.6. The molecular formula is C10H11ClN2O2S. The lowest BCUT2D eigenvalue weighted by molar-refractivity contribution is -0.127. The minimum absolute atomic E-state index is 0.118. The average Bonchev–Trinajstić information content (AvgIpc) is 2.68. The van der Waals surface area contributed by atoms with Crippen LogP contribution in [0.4, 0.5) is 0 Å². The summed E-state index contributed by atoms with van der Waals surface area (Å²) in [6.45, 7) is 2.74. The number of thiophene rings is 1. The zero-order valence-corrected chi connectivity index (χ0v) is 10.3. The van der Waals surface area contributed by atoms with E-state index in [2.05, 4.69) is 5.32 Å². The van der Waals surface area contributed by atoms with Crippen molar-refractivity contribution >= 4 is 34.8 Å². The Morgan fingerprint density at radius 3 is 3.06 bits per heavy atom. The van der Waals surface area contributed by atoms with Crippen molar-refractivity contribution in [2.45, 2.75) is 13.0 Å². The largest absolute Gasteiger partial charge is 0.353 e. The minimum atomic E-state index is -0.431. The third-order valence-corrected chi connectivity index (χ3v) is 3.90. The molecule has 4 nitrogen and oxygen atoms in total. The summed E-state index contributed by atoms with van der Waals surface area (Å²) in [6.07, 6.45) is 0. The number of nitrogens with zero attached hydrogens (tertiary/aromatic N) is 1. The maximum absolute atomic E-state index is 12.1. The van der Waals surface area contributed by atoms with Crippen molar-refractivity contribution in [1.29, 1.82) is 0 Å². The van der Waals surface area contributed by atoms with E-state index in [9.17, 15) is 9.59 Å². The van der Waals surface area contributed by atoms with Gasteiger partial charge in [0.25, 0.3) is 5.91 Å². The topological polar surface area (TPSA) is 49.4 Å². The average molecular weight is 259 g/mol. The van der Waals surface area contributed by atoms with Crippen LogP contribution in [-0.2, 0) is 4.79 Å². The summed E-state index contributed by atoms with van der Waals surface area (Å²) in [6, 6.07) is 1.26. The molecule has 6 heteroatoms. The van der Waals surface area contributed by atoms with E-state index in [-0.39, 0.29) is 11.8 Å². The van der Waals surface area contributed by atoms with Crippen LogP contribution >= 0.6 is 22.9 Å². The van der Waals surface area contributed by atoms with Crippen molar-refractivity contribution < 1.29 is 9.59 Å². The highest BCUT2D eigenvalue weighted by atomic mass is 35.5. The molecule has 1 aromatic heterocycles. The van der Waals surface area contributed by atoms with E-state index >= 15 is 0 Å². The lowest BCUT2D eigenvalue weighted by Crippen LogP contribution is -2.55. The predicted molar refractivity (Wildman–Crippen MR) is 62.8 cm³/mol. The van der Waals surface area contributed by atoms with E-state index in [1.54, 1.807) is 23.3 Å². The Bertz CT molecular complexity index is 432. The van der Waals surface area contributed by atoms with Crippen molar-refractivity contribution in [3.05, 3.63) is 21.3 Å². The van der Waals surface area contributed by atoms with Crippen LogP contribution in [0.5, 0.6) is 0 Å². The monoisotopic (exact) mass is 258 g/mol. The smallest absolute Gasteiger partial charge is 0.266 e. The quantitative estimate of drug-likeness (QED) is 0.827. The van der Waals surface area contributed by atoms with Crippen molar-refractivity contribution in [2.24, 2.45) is 0 Å². The van der Waals surface area contributed by atoms with E-state index < -0.39 is 6.04 Å². The summed E-state index contributed by atoms with van der Waals surface area (Å²) in [5.74, 6) is -0.283. The number of amides is 2. The van der Waals surface area contributed by atoms with Gasteiger partial charge in [-0.1, -0.05) is 11.6 Å². The molecule has 1 atom stereocenters. The molecule has 2 rings (SSSR count). The maximum Gasteiger partial charge on any atom is 0.266 e. The molecule has 0 aromatic carbocycles. The second-order valence-electron chi connectivity index (χ2n) is 3.56. The van der Waals surface area contributed by atoms with Crippen LogP contribution in [0.25, 0.3) is 0 Å². The number of hydrogen-bond donors (Lipinski definition) is 1. The highest BCUT2D eigenvalue weighted by Crippen LogP contribution is 2.24. The molecule has 1 saturated heterocycles. The Morgan fingerprint density at radius 1 is 1.69 bits per heavy atom. The number of nitrogens with one attached hydrogen (secondary N) is 1. The lowest BCUT2D eigenvalue weighted by atomic mass is 10.2. The molecule has 86 valence electrons. The van der Waals surface area contributed by atoms with Crippen LogP contribution < -0.4 is 5.32 Å². The molecule has 0 bridgehead atoms. The Hall–Kier alpha value is -1.07. The van der Waals surface area contributed by atoms with Gasteiger partial charge >= 0.3 is 0 Å². The molecule has 0 aliphatic carbocycles. The molecule has 0 spiro atoms. The van der Waals surface area contributed by atoms with Crippen molar-refractivity contribution in [2.75, 3.05) is 13.1 Å². The third kappa shape index (κ3) is 1.92. The van der Waals surface area contributed by atoms with E-state index in [0.29, 0.717) is 23.0 Å². The summed E-state index contributed by atoms with van der Waals surface area (Å²) < 4.78 is 0. The maximum atomic E-state index is 12.1. The number of piperazine rings is 1. The number of rotatable bonds is 1. The van der Waals surface area contributed by atoms with Gasteiger partial charge in [0.15, 0.2) is 0 Å². The molecule has 1 aliphatic rings. The number of carbonyl (C=O) groups excluding carboxylic acids is 2. The van der Waals surface area contributed by atoms with Gasteiger partial charge in [-0.05, 0) is 18.4 Å². The number of carbonyl (C=O) groups is 2. The molecule has 1 unspecified atom stereocenters. The van der Waals surface area contributed by atoms with E-state index in [0.717, 1.165) is 0 Å². The second-order valence-corrected chi connectivity index (χ2v) is 4.89. The molecular weight excluding hydrogens is 248 g/mol. The standard InChI is InChI=1S/C10H11ClN2O2S/c1-6-9(14)12-3-4-13(6)10(15)8-7(11)2-5-16-8/h2,5-6H,3-4H2,1H3,(H,12,14). The molecule has 1 aliphatic heterocycles. The highest BCUT2D eigenvalue weighted by molar-refractivity contribution is 7.12. The van der Waals surface area contributed by atoms with Gasteiger partial charge in [0.05, 0.1) is 5.02 Å². The predicted octanol–water partition coefficient (Wildman–Crippen LogP) is 1.36. The van der Waals surface area contributed by atoms with Crippen LogP contribution in [0.2, 0.25) is 5.02 Å². The molecule has 0 saturated carbocycles. The van der Waals surface area contributed by atoms with Crippen LogP contribution in [-0.4, -0.2) is 35.8 Å². The fourth-order valence-corrected chi connectivity index (χ4v) is 2.73. The lowest BCUT2D eigenvalue weighted by Gasteiger charge is -2.32. The van der Waals surface area contributed by atoms with Gasteiger partial charge < -0.3 is 10.2 Å². The van der Waals surface area contributed by atoms with E-state index in [1.807, 2.05) is 0 Å². The minimum Gasteiger partial charge on any atom is -0.353 e. The van der Waals surface area contributed by atoms with Gasteiger partial charge in [-0.15, -0.1) is 11.3 Å². The van der Waals surface area contributed by atoms with Crippen molar-refractivity contribution in [3.8, 4) is 0 Å². The SMILES string of the molecule is CC1C(=O)NCCN1C(=O)c1sccc1Cl. The highest BCUT2D eigenvalue weighted by Gasteiger charge is 2.31. The fraction of sp³-hybridized carbons (Fsp3) is 0.400. The third-order valence-electron chi connectivity index (χ3n) is 2.57. The summed E-state index contributed by atoms with van der Waals surface area (Å²) in [5, 5.41) is 4.93.